The summed E-state index contributed by atoms with van der Waals surface area (Å²) in [6.07, 6.45) is -3.37. The van der Waals surface area contributed by atoms with Crippen molar-refractivity contribution in [1.82, 2.24) is 14.6 Å². The van der Waals surface area contributed by atoms with Gasteiger partial charge in [-0.05, 0) is 18.6 Å². The van der Waals surface area contributed by atoms with Crippen molar-refractivity contribution in [1.29, 1.82) is 0 Å². The Morgan fingerprint density at radius 3 is 2.60 bits per heavy atom. The van der Waals surface area contributed by atoms with Crippen LogP contribution in [0.15, 0.2) is 12.3 Å². The van der Waals surface area contributed by atoms with E-state index < -0.39 is 12.0 Å². The minimum absolute atomic E-state index is 0.163. The van der Waals surface area contributed by atoms with Gasteiger partial charge < -0.3 is 5.73 Å². The zero-order chi connectivity index (χ0) is 11.2. The summed E-state index contributed by atoms with van der Waals surface area (Å²) in [7, 11) is 0. The van der Waals surface area contributed by atoms with E-state index in [4.69, 9.17) is 5.73 Å². The van der Waals surface area contributed by atoms with E-state index in [1.54, 1.807) is 13.0 Å². The average Bonchev–Trinajstić information content (AvgIpc) is 2.45. The highest BCUT2D eigenvalue weighted by molar-refractivity contribution is 5.54. The molecule has 0 spiro atoms. The van der Waals surface area contributed by atoms with Gasteiger partial charge in [0, 0.05) is 11.9 Å². The largest absolute Gasteiger partial charge is 0.452 e. The number of pyridine rings is 1. The summed E-state index contributed by atoms with van der Waals surface area (Å²) in [4.78, 5) is 0. The second-order valence-electron chi connectivity index (χ2n) is 3.17. The molecule has 0 aromatic carbocycles. The number of fused-ring (bicyclic) bond motifs is 1. The lowest BCUT2D eigenvalue weighted by Crippen LogP contribution is -2.11. The molecule has 4 nitrogen and oxygen atoms in total. The zero-order valence-electron chi connectivity index (χ0n) is 7.71. The first-order chi connectivity index (χ1) is 6.89. The Morgan fingerprint density at radius 2 is 2.00 bits per heavy atom. The van der Waals surface area contributed by atoms with Gasteiger partial charge in [0.25, 0.3) is 0 Å². The number of aromatic nitrogens is 3. The highest BCUT2D eigenvalue weighted by Gasteiger charge is 2.37. The molecule has 80 valence electrons. The van der Waals surface area contributed by atoms with Gasteiger partial charge in [0.05, 0.1) is 0 Å². The standard InChI is InChI=1S/C8H7F3N4/c1-4-2-5(12)3-15-6(4)13-14-7(15)8(9,10)11/h2-3H,12H2,1H3. The number of hydrogen-bond acceptors (Lipinski definition) is 3. The number of hydrogen-bond donors (Lipinski definition) is 1. The predicted molar refractivity (Wildman–Crippen MR) is 47.1 cm³/mol. The summed E-state index contributed by atoms with van der Waals surface area (Å²) in [5, 5.41) is 6.56. The first-order valence-corrected chi connectivity index (χ1v) is 4.07. The summed E-state index contributed by atoms with van der Waals surface area (Å²) in [6, 6.07) is 1.55. The van der Waals surface area contributed by atoms with Gasteiger partial charge in [0.1, 0.15) is 0 Å². The molecule has 0 fully saturated rings. The Bertz CT molecular complexity index is 514. The Morgan fingerprint density at radius 1 is 1.33 bits per heavy atom. The molecule has 0 atom stereocenters. The molecule has 0 radical (unpaired) electrons. The fourth-order valence-corrected chi connectivity index (χ4v) is 1.38. The Balaban J connectivity index is 2.80. The molecule has 2 rings (SSSR count). The van der Waals surface area contributed by atoms with Gasteiger partial charge >= 0.3 is 6.18 Å². The molecule has 15 heavy (non-hydrogen) atoms. The van der Waals surface area contributed by atoms with Crippen LogP contribution in [-0.2, 0) is 6.18 Å². The number of rotatable bonds is 0. The molecule has 2 aromatic heterocycles. The Labute approximate surface area is 82.5 Å². The quantitative estimate of drug-likeness (QED) is 0.728. The number of aryl methyl sites for hydroxylation is 1. The molecule has 2 aromatic rings. The minimum Gasteiger partial charge on any atom is -0.398 e. The van der Waals surface area contributed by atoms with E-state index in [-0.39, 0.29) is 11.3 Å². The summed E-state index contributed by atoms with van der Waals surface area (Å²) in [5.74, 6) is -1.06. The number of alkyl halides is 3. The van der Waals surface area contributed by atoms with Crippen LogP contribution in [0.2, 0.25) is 0 Å². The highest BCUT2D eigenvalue weighted by atomic mass is 19.4. The lowest BCUT2D eigenvalue weighted by atomic mass is 10.3. The maximum absolute atomic E-state index is 12.5. The van der Waals surface area contributed by atoms with Crippen LogP contribution < -0.4 is 5.73 Å². The number of nitrogens with two attached hydrogens (primary N) is 1. The molecule has 2 heterocycles. The number of nitrogens with zero attached hydrogens (tertiary/aromatic N) is 3. The van der Waals surface area contributed by atoms with E-state index in [1.807, 2.05) is 0 Å². The first kappa shape index (κ1) is 9.75. The first-order valence-electron chi connectivity index (χ1n) is 4.07. The molecule has 0 saturated carbocycles. The van der Waals surface area contributed by atoms with E-state index in [1.165, 1.54) is 0 Å². The van der Waals surface area contributed by atoms with Gasteiger partial charge in [-0.15, -0.1) is 10.2 Å². The smallest absolute Gasteiger partial charge is 0.398 e. The van der Waals surface area contributed by atoms with E-state index in [2.05, 4.69) is 10.2 Å². The Kier molecular flexibility index (Phi) is 1.85. The van der Waals surface area contributed by atoms with E-state index in [9.17, 15) is 13.2 Å². The Hall–Kier alpha value is -1.79. The third-order valence-electron chi connectivity index (χ3n) is 1.96. The van der Waals surface area contributed by atoms with Crippen molar-refractivity contribution in [3.8, 4) is 0 Å². The van der Waals surface area contributed by atoms with Gasteiger partial charge in [0.15, 0.2) is 5.65 Å². The molecular weight excluding hydrogens is 209 g/mol. The summed E-state index contributed by atoms with van der Waals surface area (Å²) in [5.41, 5.74) is 6.41. The van der Waals surface area contributed by atoms with Crippen LogP contribution in [-0.4, -0.2) is 14.6 Å². The molecule has 0 bridgehead atoms. The zero-order valence-corrected chi connectivity index (χ0v) is 7.71. The van der Waals surface area contributed by atoms with Crippen LogP contribution in [0.25, 0.3) is 5.65 Å². The lowest BCUT2D eigenvalue weighted by molar-refractivity contribution is -0.145. The van der Waals surface area contributed by atoms with Crippen molar-refractivity contribution in [2.75, 3.05) is 5.73 Å². The second-order valence-corrected chi connectivity index (χ2v) is 3.17. The van der Waals surface area contributed by atoms with Crippen molar-refractivity contribution >= 4 is 11.3 Å². The van der Waals surface area contributed by atoms with Gasteiger partial charge in [-0.3, -0.25) is 4.40 Å². The molecule has 0 amide bonds. The van der Waals surface area contributed by atoms with Crippen LogP contribution in [0.5, 0.6) is 0 Å². The monoisotopic (exact) mass is 216 g/mol. The van der Waals surface area contributed by atoms with Crippen LogP contribution in [0.1, 0.15) is 11.4 Å². The fraction of sp³-hybridized carbons (Fsp3) is 0.250. The highest BCUT2D eigenvalue weighted by Crippen LogP contribution is 2.28. The SMILES string of the molecule is Cc1cc(N)cn2c(C(F)(F)F)nnc12. The van der Waals surface area contributed by atoms with Crippen molar-refractivity contribution in [2.45, 2.75) is 13.1 Å². The summed E-state index contributed by atoms with van der Waals surface area (Å²) < 4.78 is 38.2. The van der Waals surface area contributed by atoms with Gasteiger partial charge in [0.2, 0.25) is 5.82 Å². The van der Waals surface area contributed by atoms with Crippen LogP contribution in [0, 0.1) is 6.92 Å². The van der Waals surface area contributed by atoms with Crippen molar-refractivity contribution < 1.29 is 13.2 Å². The van der Waals surface area contributed by atoms with Crippen molar-refractivity contribution in [3.05, 3.63) is 23.7 Å². The average molecular weight is 216 g/mol. The van der Waals surface area contributed by atoms with Crippen molar-refractivity contribution in [3.63, 3.8) is 0 Å². The molecule has 0 saturated heterocycles. The predicted octanol–water partition coefficient (Wildman–Crippen LogP) is 1.64. The van der Waals surface area contributed by atoms with Crippen LogP contribution in [0.4, 0.5) is 18.9 Å². The van der Waals surface area contributed by atoms with Gasteiger partial charge in [-0.1, -0.05) is 0 Å². The maximum Gasteiger partial charge on any atom is 0.452 e. The molecule has 2 N–H and O–H groups in total. The third kappa shape index (κ3) is 1.49. The number of nitrogen functional groups attached to an aromatic ring is 1. The van der Waals surface area contributed by atoms with E-state index >= 15 is 0 Å². The third-order valence-corrected chi connectivity index (χ3v) is 1.96. The molecule has 0 unspecified atom stereocenters. The molecule has 0 aliphatic rings. The number of anilines is 1. The molecule has 7 heteroatoms. The second kappa shape index (κ2) is 2.85. The van der Waals surface area contributed by atoms with E-state index in [0.29, 0.717) is 5.56 Å². The maximum atomic E-state index is 12.5. The molecule has 0 aliphatic carbocycles. The van der Waals surface area contributed by atoms with Crippen LogP contribution >= 0.6 is 0 Å². The number of halogens is 3. The molecule has 0 aliphatic heterocycles. The van der Waals surface area contributed by atoms with Gasteiger partial charge in [-0.25, -0.2) is 0 Å². The molecular formula is C8H7F3N4. The van der Waals surface area contributed by atoms with E-state index in [0.717, 1.165) is 10.6 Å². The minimum atomic E-state index is -4.53. The summed E-state index contributed by atoms with van der Waals surface area (Å²) in [6.45, 7) is 1.63. The summed E-state index contributed by atoms with van der Waals surface area (Å²) >= 11 is 0. The van der Waals surface area contributed by atoms with Gasteiger partial charge in [-0.2, -0.15) is 13.2 Å². The van der Waals surface area contributed by atoms with Crippen molar-refractivity contribution in [2.24, 2.45) is 0 Å². The van der Waals surface area contributed by atoms with Crippen LogP contribution in [0.3, 0.4) is 0 Å². The topological polar surface area (TPSA) is 56.2 Å². The normalized spacial score (nSPS) is 12.3. The lowest BCUT2D eigenvalue weighted by Gasteiger charge is -2.05. The fourth-order valence-electron chi connectivity index (χ4n) is 1.38.